The standard InChI is InChI=1S/C14H22ClN3O/c1-3-18(4-2)10-9-17-13(14(16)19)11-7-5-6-8-12(11)15/h5-8,13,17H,3-4,9-10H2,1-2H3,(H2,16,19). The lowest BCUT2D eigenvalue weighted by atomic mass is 10.1. The number of nitrogens with two attached hydrogens (primary N) is 1. The van der Waals surface area contributed by atoms with Crippen molar-refractivity contribution in [1.29, 1.82) is 0 Å². The van der Waals surface area contributed by atoms with Crippen LogP contribution >= 0.6 is 11.6 Å². The number of halogens is 1. The fraction of sp³-hybridized carbons (Fsp3) is 0.500. The minimum atomic E-state index is -0.538. The molecule has 1 rings (SSSR count). The van der Waals surface area contributed by atoms with Crippen molar-refractivity contribution in [3.05, 3.63) is 34.9 Å². The van der Waals surface area contributed by atoms with Gasteiger partial charge in [0.1, 0.15) is 6.04 Å². The number of nitrogens with zero attached hydrogens (tertiary/aromatic N) is 1. The molecule has 1 unspecified atom stereocenters. The van der Waals surface area contributed by atoms with Crippen LogP contribution in [0.4, 0.5) is 0 Å². The van der Waals surface area contributed by atoms with Crippen LogP contribution in [-0.4, -0.2) is 37.0 Å². The molecule has 0 aliphatic heterocycles. The Bertz CT molecular complexity index is 407. The largest absolute Gasteiger partial charge is 0.368 e. The molecule has 0 aliphatic carbocycles. The second kappa shape index (κ2) is 8.15. The number of nitrogens with one attached hydrogen (secondary N) is 1. The van der Waals surface area contributed by atoms with Gasteiger partial charge in [0, 0.05) is 18.1 Å². The smallest absolute Gasteiger partial charge is 0.239 e. The summed E-state index contributed by atoms with van der Waals surface area (Å²) in [6.07, 6.45) is 0. The predicted octanol–water partition coefficient (Wildman–Crippen LogP) is 1.80. The zero-order valence-corrected chi connectivity index (χ0v) is 12.3. The number of carbonyl (C=O) groups is 1. The quantitative estimate of drug-likeness (QED) is 0.765. The maximum Gasteiger partial charge on any atom is 0.239 e. The SMILES string of the molecule is CCN(CC)CCNC(C(N)=O)c1ccccc1Cl. The van der Waals surface area contributed by atoms with Gasteiger partial charge < -0.3 is 16.0 Å². The molecular weight excluding hydrogens is 262 g/mol. The van der Waals surface area contributed by atoms with Crippen molar-refractivity contribution in [2.24, 2.45) is 5.73 Å². The number of carbonyl (C=O) groups excluding carboxylic acids is 1. The van der Waals surface area contributed by atoms with Crippen molar-refractivity contribution < 1.29 is 4.79 Å². The van der Waals surface area contributed by atoms with Gasteiger partial charge in [-0.05, 0) is 24.7 Å². The van der Waals surface area contributed by atoms with E-state index in [4.69, 9.17) is 17.3 Å². The molecule has 0 heterocycles. The van der Waals surface area contributed by atoms with Crippen LogP contribution < -0.4 is 11.1 Å². The summed E-state index contributed by atoms with van der Waals surface area (Å²) in [5.74, 6) is -0.410. The second-order valence-corrected chi connectivity index (χ2v) is 4.75. The molecule has 0 saturated carbocycles. The van der Waals surface area contributed by atoms with Crippen LogP contribution in [0.5, 0.6) is 0 Å². The third-order valence-corrected chi connectivity index (χ3v) is 3.52. The maximum absolute atomic E-state index is 11.6. The molecule has 1 amide bonds. The Labute approximate surface area is 119 Å². The Balaban J connectivity index is 2.65. The van der Waals surface area contributed by atoms with Gasteiger partial charge in [-0.1, -0.05) is 43.6 Å². The number of likely N-dealkylation sites (N-methyl/N-ethyl adjacent to an activating group) is 1. The number of hydrogen-bond acceptors (Lipinski definition) is 3. The molecule has 3 N–H and O–H groups in total. The third kappa shape index (κ3) is 4.82. The van der Waals surface area contributed by atoms with Gasteiger partial charge >= 0.3 is 0 Å². The van der Waals surface area contributed by atoms with E-state index in [2.05, 4.69) is 24.1 Å². The van der Waals surface area contributed by atoms with E-state index in [0.717, 1.165) is 25.2 Å². The first kappa shape index (κ1) is 16.0. The number of hydrogen-bond donors (Lipinski definition) is 2. The van der Waals surface area contributed by atoms with Gasteiger partial charge in [-0.25, -0.2) is 0 Å². The molecule has 1 aromatic carbocycles. The maximum atomic E-state index is 11.6. The first-order valence-corrected chi connectivity index (χ1v) is 6.97. The average molecular weight is 284 g/mol. The normalized spacial score (nSPS) is 12.6. The highest BCUT2D eigenvalue weighted by molar-refractivity contribution is 6.31. The number of benzene rings is 1. The van der Waals surface area contributed by atoms with E-state index in [1.807, 2.05) is 18.2 Å². The predicted molar refractivity (Wildman–Crippen MR) is 79.2 cm³/mol. The molecule has 0 fully saturated rings. The van der Waals surface area contributed by atoms with Crippen molar-refractivity contribution in [2.45, 2.75) is 19.9 Å². The molecule has 4 nitrogen and oxygen atoms in total. The van der Waals surface area contributed by atoms with E-state index >= 15 is 0 Å². The molecule has 106 valence electrons. The van der Waals surface area contributed by atoms with Gasteiger partial charge in [0.05, 0.1) is 0 Å². The van der Waals surface area contributed by atoms with Gasteiger partial charge in [0.2, 0.25) is 5.91 Å². The van der Waals surface area contributed by atoms with E-state index in [1.54, 1.807) is 6.07 Å². The first-order valence-electron chi connectivity index (χ1n) is 6.59. The van der Waals surface area contributed by atoms with Crippen LogP contribution in [0, 0.1) is 0 Å². The lowest BCUT2D eigenvalue weighted by Crippen LogP contribution is -2.38. The fourth-order valence-electron chi connectivity index (χ4n) is 1.98. The third-order valence-electron chi connectivity index (χ3n) is 3.17. The van der Waals surface area contributed by atoms with Crippen molar-refractivity contribution in [3.8, 4) is 0 Å². The monoisotopic (exact) mass is 283 g/mol. The second-order valence-electron chi connectivity index (χ2n) is 4.34. The Hall–Kier alpha value is -1.10. The lowest BCUT2D eigenvalue weighted by molar-refractivity contribution is -0.120. The Morgan fingerprint density at radius 2 is 2.00 bits per heavy atom. The summed E-state index contributed by atoms with van der Waals surface area (Å²) < 4.78 is 0. The summed E-state index contributed by atoms with van der Waals surface area (Å²) in [6, 6.07) is 6.73. The Morgan fingerprint density at radius 1 is 1.37 bits per heavy atom. The highest BCUT2D eigenvalue weighted by Crippen LogP contribution is 2.22. The van der Waals surface area contributed by atoms with Crippen LogP contribution in [-0.2, 0) is 4.79 Å². The molecule has 0 spiro atoms. The summed E-state index contributed by atoms with van der Waals surface area (Å²) in [7, 11) is 0. The molecule has 0 radical (unpaired) electrons. The summed E-state index contributed by atoms with van der Waals surface area (Å²) >= 11 is 6.10. The topological polar surface area (TPSA) is 58.4 Å². The number of primary amides is 1. The van der Waals surface area contributed by atoms with Crippen LogP contribution in [0.3, 0.4) is 0 Å². The summed E-state index contributed by atoms with van der Waals surface area (Å²) in [5, 5.41) is 3.73. The Morgan fingerprint density at radius 3 is 2.53 bits per heavy atom. The van der Waals surface area contributed by atoms with Crippen LogP contribution in [0.25, 0.3) is 0 Å². The van der Waals surface area contributed by atoms with Crippen LogP contribution in [0.1, 0.15) is 25.5 Å². The molecule has 0 aliphatic rings. The molecule has 0 saturated heterocycles. The van der Waals surface area contributed by atoms with Crippen molar-refractivity contribution in [2.75, 3.05) is 26.2 Å². The summed E-state index contributed by atoms with van der Waals surface area (Å²) in [6.45, 7) is 7.78. The minimum absolute atomic E-state index is 0.410. The highest BCUT2D eigenvalue weighted by Gasteiger charge is 2.19. The minimum Gasteiger partial charge on any atom is -0.368 e. The molecule has 5 heteroatoms. The van der Waals surface area contributed by atoms with Crippen LogP contribution in [0.2, 0.25) is 5.02 Å². The first-order chi connectivity index (χ1) is 9.10. The summed E-state index contributed by atoms with van der Waals surface area (Å²) in [4.78, 5) is 13.8. The zero-order chi connectivity index (χ0) is 14.3. The number of amides is 1. The molecule has 0 aromatic heterocycles. The molecule has 0 bridgehead atoms. The van der Waals surface area contributed by atoms with Gasteiger partial charge in [-0.2, -0.15) is 0 Å². The van der Waals surface area contributed by atoms with Crippen molar-refractivity contribution >= 4 is 17.5 Å². The van der Waals surface area contributed by atoms with Crippen LogP contribution in [0.15, 0.2) is 24.3 Å². The highest BCUT2D eigenvalue weighted by atomic mass is 35.5. The van der Waals surface area contributed by atoms with Crippen molar-refractivity contribution in [3.63, 3.8) is 0 Å². The van der Waals surface area contributed by atoms with E-state index in [0.29, 0.717) is 11.6 Å². The molecule has 1 aromatic rings. The number of rotatable bonds is 8. The molecule has 19 heavy (non-hydrogen) atoms. The fourth-order valence-corrected chi connectivity index (χ4v) is 2.22. The van der Waals surface area contributed by atoms with Gasteiger partial charge in [0.15, 0.2) is 0 Å². The van der Waals surface area contributed by atoms with E-state index in [-0.39, 0.29) is 0 Å². The lowest BCUT2D eigenvalue weighted by Gasteiger charge is -2.21. The van der Waals surface area contributed by atoms with Gasteiger partial charge in [-0.3, -0.25) is 4.79 Å². The average Bonchev–Trinajstić information content (AvgIpc) is 2.40. The zero-order valence-electron chi connectivity index (χ0n) is 11.5. The van der Waals surface area contributed by atoms with E-state index < -0.39 is 11.9 Å². The van der Waals surface area contributed by atoms with Crippen molar-refractivity contribution in [1.82, 2.24) is 10.2 Å². The molecule has 1 atom stereocenters. The van der Waals surface area contributed by atoms with E-state index in [1.165, 1.54) is 0 Å². The van der Waals surface area contributed by atoms with Gasteiger partial charge in [0.25, 0.3) is 0 Å². The molecular formula is C14H22ClN3O. The van der Waals surface area contributed by atoms with E-state index in [9.17, 15) is 4.79 Å². The Kier molecular flexibility index (Phi) is 6.84. The summed E-state index contributed by atoms with van der Waals surface area (Å²) in [5.41, 5.74) is 6.18. The van der Waals surface area contributed by atoms with Gasteiger partial charge in [-0.15, -0.1) is 0 Å².